The lowest BCUT2D eigenvalue weighted by atomic mass is 9.98. The Morgan fingerprint density at radius 1 is 0.970 bits per heavy atom. The van der Waals surface area contributed by atoms with E-state index >= 15 is 0 Å². The van der Waals surface area contributed by atoms with E-state index in [0.717, 1.165) is 0 Å². The summed E-state index contributed by atoms with van der Waals surface area (Å²) in [6.45, 7) is -0.790. The summed E-state index contributed by atoms with van der Waals surface area (Å²) in [7, 11) is 0. The standard InChI is InChI=1S/C22H13Cl2F3N2O4/c23-14-7-5-12(6-8-14)19(31)15-3-1-2-4-16(15)21(32)33-11-18(30)29-20-17(24)9-13(10-28-20)22(25,26)27/h1-10H,11H2,(H,28,29,30). The molecule has 1 aromatic heterocycles. The fraction of sp³-hybridized carbons (Fsp3) is 0.0909. The third-order valence-corrected chi connectivity index (χ3v) is 4.80. The van der Waals surface area contributed by atoms with Crippen molar-refractivity contribution in [1.29, 1.82) is 0 Å². The average Bonchev–Trinajstić information content (AvgIpc) is 2.78. The number of anilines is 1. The topological polar surface area (TPSA) is 85.4 Å². The zero-order chi connectivity index (χ0) is 24.2. The summed E-state index contributed by atoms with van der Waals surface area (Å²) in [5, 5.41) is 2.15. The highest BCUT2D eigenvalue weighted by atomic mass is 35.5. The van der Waals surface area contributed by atoms with Crippen LogP contribution in [0.15, 0.2) is 60.8 Å². The molecule has 0 aliphatic heterocycles. The number of nitrogens with one attached hydrogen (secondary N) is 1. The zero-order valence-electron chi connectivity index (χ0n) is 16.5. The summed E-state index contributed by atoms with van der Waals surface area (Å²) in [4.78, 5) is 40.8. The van der Waals surface area contributed by atoms with Gasteiger partial charge in [-0.15, -0.1) is 0 Å². The van der Waals surface area contributed by atoms with Crippen LogP contribution >= 0.6 is 23.2 Å². The molecular formula is C22H13Cl2F3N2O4. The van der Waals surface area contributed by atoms with Gasteiger partial charge in [0.1, 0.15) is 0 Å². The summed E-state index contributed by atoms with van der Waals surface area (Å²) in [6, 6.07) is 12.5. The van der Waals surface area contributed by atoms with E-state index in [1.165, 1.54) is 42.5 Å². The third-order valence-electron chi connectivity index (χ3n) is 4.26. The van der Waals surface area contributed by atoms with E-state index in [1.807, 2.05) is 0 Å². The number of rotatable bonds is 6. The minimum atomic E-state index is -4.65. The van der Waals surface area contributed by atoms with Gasteiger partial charge in [-0.1, -0.05) is 41.4 Å². The maximum atomic E-state index is 12.8. The van der Waals surface area contributed by atoms with E-state index in [-0.39, 0.29) is 16.9 Å². The first kappa shape index (κ1) is 24.2. The quantitative estimate of drug-likeness (QED) is 0.363. The van der Waals surface area contributed by atoms with E-state index in [4.69, 9.17) is 27.9 Å². The summed E-state index contributed by atoms with van der Waals surface area (Å²) in [5.41, 5.74) is -0.812. The van der Waals surface area contributed by atoms with Gasteiger partial charge >= 0.3 is 12.1 Å². The van der Waals surface area contributed by atoms with E-state index in [0.29, 0.717) is 22.8 Å². The molecule has 1 N–H and O–H groups in total. The summed E-state index contributed by atoms with van der Waals surface area (Å²) in [5.74, 6) is -2.62. The number of hydrogen-bond acceptors (Lipinski definition) is 5. The van der Waals surface area contributed by atoms with E-state index in [1.54, 1.807) is 6.07 Å². The molecule has 0 bridgehead atoms. The van der Waals surface area contributed by atoms with Crippen LogP contribution in [0.25, 0.3) is 0 Å². The molecule has 3 aromatic rings. The van der Waals surface area contributed by atoms with Crippen molar-refractivity contribution in [2.24, 2.45) is 0 Å². The monoisotopic (exact) mass is 496 g/mol. The molecular weight excluding hydrogens is 484 g/mol. The molecule has 11 heteroatoms. The molecule has 33 heavy (non-hydrogen) atoms. The maximum Gasteiger partial charge on any atom is 0.417 e. The van der Waals surface area contributed by atoms with Crippen molar-refractivity contribution in [3.8, 4) is 0 Å². The molecule has 0 aliphatic rings. The third kappa shape index (κ3) is 6.09. The number of alkyl halides is 3. The highest BCUT2D eigenvalue weighted by Crippen LogP contribution is 2.32. The largest absolute Gasteiger partial charge is 0.452 e. The van der Waals surface area contributed by atoms with Crippen LogP contribution in [-0.2, 0) is 15.7 Å². The van der Waals surface area contributed by atoms with Crippen molar-refractivity contribution in [1.82, 2.24) is 4.98 Å². The zero-order valence-corrected chi connectivity index (χ0v) is 18.0. The number of ether oxygens (including phenoxy) is 1. The molecule has 0 spiro atoms. The van der Waals surface area contributed by atoms with E-state index < -0.39 is 41.0 Å². The SMILES string of the molecule is O=C(COC(=O)c1ccccc1C(=O)c1ccc(Cl)cc1)Nc1ncc(C(F)(F)F)cc1Cl. The molecule has 2 aromatic carbocycles. The predicted octanol–water partition coefficient (Wildman–Crippen LogP) is 5.43. The van der Waals surface area contributed by atoms with E-state index in [2.05, 4.69) is 10.3 Å². The summed E-state index contributed by atoms with van der Waals surface area (Å²) >= 11 is 11.6. The average molecular weight is 497 g/mol. The number of carbonyl (C=O) groups excluding carboxylic acids is 3. The molecule has 0 saturated carbocycles. The van der Waals surface area contributed by atoms with Gasteiger partial charge in [0.2, 0.25) is 0 Å². The van der Waals surface area contributed by atoms with Crippen LogP contribution in [0.1, 0.15) is 31.8 Å². The first-order valence-electron chi connectivity index (χ1n) is 9.15. The normalized spacial score (nSPS) is 11.1. The van der Waals surface area contributed by atoms with Gasteiger partial charge < -0.3 is 10.1 Å². The number of carbonyl (C=O) groups is 3. The molecule has 6 nitrogen and oxygen atoms in total. The number of amides is 1. The predicted molar refractivity (Wildman–Crippen MR) is 114 cm³/mol. The Labute approximate surface area is 195 Å². The van der Waals surface area contributed by atoms with E-state index in [9.17, 15) is 27.6 Å². The summed E-state index contributed by atoms with van der Waals surface area (Å²) in [6.07, 6.45) is -4.14. The number of aromatic nitrogens is 1. The van der Waals surface area contributed by atoms with Gasteiger partial charge in [-0.25, -0.2) is 9.78 Å². The van der Waals surface area contributed by atoms with Crippen molar-refractivity contribution < 1.29 is 32.3 Å². The van der Waals surface area contributed by atoms with Gasteiger partial charge in [0, 0.05) is 22.3 Å². The Hall–Kier alpha value is -3.43. The Morgan fingerprint density at radius 3 is 2.21 bits per heavy atom. The fourth-order valence-corrected chi connectivity index (χ4v) is 3.02. The maximum absolute atomic E-state index is 12.8. The van der Waals surface area contributed by atoms with Crippen LogP contribution in [0.4, 0.5) is 19.0 Å². The van der Waals surface area contributed by atoms with Gasteiger partial charge in [0.15, 0.2) is 18.2 Å². The number of pyridine rings is 1. The molecule has 1 heterocycles. The number of benzene rings is 2. The molecule has 170 valence electrons. The second-order valence-corrected chi connectivity index (χ2v) is 7.40. The van der Waals surface area contributed by atoms with Crippen LogP contribution in [0.3, 0.4) is 0 Å². The highest BCUT2D eigenvalue weighted by Gasteiger charge is 2.31. The van der Waals surface area contributed by atoms with Gasteiger partial charge in [0.05, 0.1) is 16.1 Å². The minimum absolute atomic E-state index is 0.0534. The van der Waals surface area contributed by atoms with Crippen molar-refractivity contribution in [3.63, 3.8) is 0 Å². The van der Waals surface area contributed by atoms with Crippen molar-refractivity contribution in [2.45, 2.75) is 6.18 Å². The smallest absolute Gasteiger partial charge is 0.417 e. The van der Waals surface area contributed by atoms with Crippen LogP contribution < -0.4 is 5.32 Å². The molecule has 0 saturated heterocycles. The second kappa shape index (κ2) is 10.0. The number of hydrogen-bond donors (Lipinski definition) is 1. The number of halogens is 5. The van der Waals surface area contributed by atoms with Crippen LogP contribution in [0.2, 0.25) is 10.0 Å². The Bertz CT molecular complexity index is 1220. The Balaban J connectivity index is 1.67. The lowest BCUT2D eigenvalue weighted by molar-refractivity contribution is -0.137. The van der Waals surface area contributed by atoms with Gasteiger partial charge in [-0.2, -0.15) is 13.2 Å². The molecule has 0 radical (unpaired) electrons. The molecule has 3 rings (SSSR count). The molecule has 0 aliphatic carbocycles. The second-order valence-electron chi connectivity index (χ2n) is 6.56. The number of esters is 1. The molecule has 0 fully saturated rings. The number of ketones is 1. The first-order valence-corrected chi connectivity index (χ1v) is 9.91. The van der Waals surface area contributed by atoms with Gasteiger partial charge in [-0.05, 0) is 36.4 Å². The lowest BCUT2D eigenvalue weighted by Gasteiger charge is -2.11. The van der Waals surface area contributed by atoms with Crippen molar-refractivity contribution in [3.05, 3.63) is 93.1 Å². The van der Waals surface area contributed by atoms with Crippen LogP contribution in [-0.4, -0.2) is 29.3 Å². The van der Waals surface area contributed by atoms with Crippen molar-refractivity contribution >= 4 is 46.7 Å². The van der Waals surface area contributed by atoms with Gasteiger partial charge in [-0.3, -0.25) is 9.59 Å². The minimum Gasteiger partial charge on any atom is -0.452 e. The fourth-order valence-electron chi connectivity index (χ4n) is 2.68. The Morgan fingerprint density at radius 2 is 1.61 bits per heavy atom. The first-order chi connectivity index (χ1) is 15.6. The van der Waals surface area contributed by atoms with Crippen molar-refractivity contribution in [2.75, 3.05) is 11.9 Å². The van der Waals surface area contributed by atoms with Crippen LogP contribution in [0.5, 0.6) is 0 Å². The highest BCUT2D eigenvalue weighted by molar-refractivity contribution is 6.33. The molecule has 1 amide bonds. The summed E-state index contributed by atoms with van der Waals surface area (Å²) < 4.78 is 43.0. The van der Waals surface area contributed by atoms with Gasteiger partial charge in [0.25, 0.3) is 5.91 Å². The number of nitrogens with zero attached hydrogens (tertiary/aromatic N) is 1. The molecule has 0 unspecified atom stereocenters. The lowest BCUT2D eigenvalue weighted by Crippen LogP contribution is -2.22. The molecule has 0 atom stereocenters. The van der Waals surface area contributed by atoms with Crippen LogP contribution in [0, 0.1) is 0 Å². The Kier molecular flexibility index (Phi) is 7.35.